The molecule has 0 radical (unpaired) electrons. The molecule has 0 unspecified atom stereocenters. The van der Waals surface area contributed by atoms with Gasteiger partial charge in [0, 0.05) is 18.3 Å². The molecular formula is C23H29N3O2. The van der Waals surface area contributed by atoms with E-state index in [-0.39, 0.29) is 11.4 Å². The van der Waals surface area contributed by atoms with Gasteiger partial charge in [-0.25, -0.2) is 5.43 Å². The molecule has 1 atom stereocenters. The predicted octanol–water partition coefficient (Wildman–Crippen LogP) is 4.49. The van der Waals surface area contributed by atoms with E-state index in [1.165, 1.54) is 11.3 Å². The zero-order chi connectivity index (χ0) is 20.5. The van der Waals surface area contributed by atoms with Crippen molar-refractivity contribution in [3.05, 3.63) is 58.7 Å². The van der Waals surface area contributed by atoms with E-state index in [1.54, 1.807) is 19.4 Å². The van der Waals surface area contributed by atoms with Gasteiger partial charge < -0.3 is 9.64 Å². The van der Waals surface area contributed by atoms with Crippen LogP contribution in [-0.4, -0.2) is 31.8 Å². The van der Waals surface area contributed by atoms with Crippen molar-refractivity contribution in [2.75, 3.05) is 19.1 Å². The Bertz CT molecular complexity index is 918. The number of rotatable bonds is 4. The first-order valence-corrected chi connectivity index (χ1v) is 9.59. The van der Waals surface area contributed by atoms with Crippen LogP contribution in [-0.2, 0) is 0 Å². The number of carbonyl (C=O) groups is 1. The van der Waals surface area contributed by atoms with Gasteiger partial charge in [0.25, 0.3) is 5.91 Å². The van der Waals surface area contributed by atoms with Crippen LogP contribution in [0.15, 0.2) is 41.5 Å². The highest BCUT2D eigenvalue weighted by Gasteiger charge is 2.33. The van der Waals surface area contributed by atoms with E-state index in [0.29, 0.717) is 17.2 Å². The third-order valence-electron chi connectivity index (χ3n) is 5.64. The summed E-state index contributed by atoms with van der Waals surface area (Å²) in [7, 11) is 3.70. The molecule has 2 aromatic carbocycles. The summed E-state index contributed by atoms with van der Waals surface area (Å²) in [4.78, 5) is 14.8. The maximum absolute atomic E-state index is 12.4. The fourth-order valence-corrected chi connectivity index (χ4v) is 3.89. The van der Waals surface area contributed by atoms with Crippen molar-refractivity contribution in [2.24, 2.45) is 5.10 Å². The van der Waals surface area contributed by atoms with Crippen molar-refractivity contribution >= 4 is 17.8 Å². The number of nitrogens with one attached hydrogen (secondary N) is 1. The predicted molar refractivity (Wildman–Crippen MR) is 115 cm³/mol. The molecule has 0 spiro atoms. The number of anilines is 1. The number of fused-ring (bicyclic) bond motifs is 1. The minimum Gasteiger partial charge on any atom is -0.496 e. The van der Waals surface area contributed by atoms with E-state index in [4.69, 9.17) is 4.74 Å². The Labute approximate surface area is 167 Å². The average Bonchev–Trinajstić information content (AvgIpc) is 2.65. The number of methoxy groups -OCH3 is 1. The molecule has 1 heterocycles. The van der Waals surface area contributed by atoms with Gasteiger partial charge in [-0.15, -0.1) is 0 Å². The first kappa shape index (κ1) is 19.9. The molecule has 28 heavy (non-hydrogen) atoms. The quantitative estimate of drug-likeness (QED) is 0.629. The van der Waals surface area contributed by atoms with Gasteiger partial charge in [0.05, 0.1) is 18.9 Å². The highest BCUT2D eigenvalue weighted by Crippen LogP contribution is 2.42. The summed E-state index contributed by atoms with van der Waals surface area (Å²) < 4.78 is 5.30. The van der Waals surface area contributed by atoms with Crippen LogP contribution in [0.5, 0.6) is 5.75 Å². The second kappa shape index (κ2) is 7.66. The molecule has 0 saturated carbocycles. The maximum atomic E-state index is 12.4. The Morgan fingerprint density at radius 1 is 1.29 bits per heavy atom. The second-order valence-corrected chi connectivity index (χ2v) is 8.20. The molecule has 0 saturated heterocycles. The molecule has 0 aliphatic carbocycles. The highest BCUT2D eigenvalue weighted by molar-refractivity contribution is 5.97. The zero-order valence-electron chi connectivity index (χ0n) is 17.5. The molecule has 1 aliphatic rings. The van der Waals surface area contributed by atoms with Crippen molar-refractivity contribution in [2.45, 2.75) is 45.6 Å². The van der Waals surface area contributed by atoms with Crippen molar-refractivity contribution in [1.29, 1.82) is 0 Å². The smallest absolute Gasteiger partial charge is 0.275 e. The molecule has 1 amide bonds. The molecule has 148 valence electrons. The summed E-state index contributed by atoms with van der Waals surface area (Å²) in [6.45, 7) is 8.77. The summed E-state index contributed by atoms with van der Waals surface area (Å²) in [6, 6.07) is 11.8. The van der Waals surface area contributed by atoms with E-state index >= 15 is 0 Å². The number of hydrogen-bond donors (Lipinski definition) is 1. The van der Waals surface area contributed by atoms with Crippen molar-refractivity contribution < 1.29 is 9.53 Å². The fourth-order valence-electron chi connectivity index (χ4n) is 3.89. The lowest BCUT2D eigenvalue weighted by Gasteiger charge is -2.45. The van der Waals surface area contributed by atoms with Crippen LogP contribution in [0.3, 0.4) is 0 Å². The lowest BCUT2D eigenvalue weighted by atomic mass is 9.80. The molecule has 0 aromatic heterocycles. The summed E-state index contributed by atoms with van der Waals surface area (Å²) >= 11 is 0. The number of carbonyl (C=O) groups excluding carboxylic acids is 1. The highest BCUT2D eigenvalue weighted by atomic mass is 16.5. The largest absolute Gasteiger partial charge is 0.496 e. The Kier molecular flexibility index (Phi) is 5.45. The third-order valence-corrected chi connectivity index (χ3v) is 5.64. The van der Waals surface area contributed by atoms with Gasteiger partial charge in [0.1, 0.15) is 5.75 Å². The molecule has 5 nitrogen and oxygen atoms in total. The SMILES string of the molecule is COc1cc(C)ccc1C(=O)N/N=C\c1ccc2c(c1)[C@H](C)CC(C)(C)N2C. The van der Waals surface area contributed by atoms with E-state index in [0.717, 1.165) is 17.5 Å². The topological polar surface area (TPSA) is 53.9 Å². The minimum atomic E-state index is -0.291. The summed E-state index contributed by atoms with van der Waals surface area (Å²) in [5.41, 5.74) is 7.78. The first-order valence-electron chi connectivity index (χ1n) is 9.59. The van der Waals surface area contributed by atoms with Crippen LogP contribution in [0.1, 0.15) is 60.2 Å². The molecule has 5 heteroatoms. The van der Waals surface area contributed by atoms with Crippen LogP contribution >= 0.6 is 0 Å². The van der Waals surface area contributed by atoms with Crippen LogP contribution in [0.4, 0.5) is 5.69 Å². The van der Waals surface area contributed by atoms with Crippen molar-refractivity contribution in [3.63, 3.8) is 0 Å². The Morgan fingerprint density at radius 3 is 2.75 bits per heavy atom. The molecule has 0 bridgehead atoms. The van der Waals surface area contributed by atoms with Gasteiger partial charge in [-0.05, 0) is 74.1 Å². The number of ether oxygens (including phenoxy) is 1. The number of amides is 1. The first-order chi connectivity index (χ1) is 13.2. The van der Waals surface area contributed by atoms with Crippen LogP contribution < -0.4 is 15.1 Å². The summed E-state index contributed by atoms with van der Waals surface area (Å²) in [5.74, 6) is 0.725. The third kappa shape index (κ3) is 3.88. The van der Waals surface area contributed by atoms with Gasteiger partial charge >= 0.3 is 0 Å². The van der Waals surface area contributed by atoms with Crippen LogP contribution in [0.2, 0.25) is 0 Å². The Balaban J connectivity index is 1.76. The van der Waals surface area contributed by atoms with Gasteiger partial charge in [-0.3, -0.25) is 4.79 Å². The van der Waals surface area contributed by atoms with E-state index in [9.17, 15) is 4.79 Å². The van der Waals surface area contributed by atoms with Gasteiger partial charge in [0.2, 0.25) is 0 Å². The van der Waals surface area contributed by atoms with Gasteiger partial charge in [-0.1, -0.05) is 19.1 Å². The lowest BCUT2D eigenvalue weighted by molar-refractivity contribution is 0.0952. The van der Waals surface area contributed by atoms with E-state index < -0.39 is 0 Å². The number of hydrazone groups is 1. The summed E-state index contributed by atoms with van der Waals surface area (Å²) in [5, 5.41) is 4.14. The van der Waals surface area contributed by atoms with Gasteiger partial charge in [-0.2, -0.15) is 5.10 Å². The maximum Gasteiger partial charge on any atom is 0.275 e. The lowest BCUT2D eigenvalue weighted by Crippen LogP contribution is -2.45. The number of aryl methyl sites for hydroxylation is 1. The number of benzene rings is 2. The molecule has 1 N–H and O–H groups in total. The van der Waals surface area contributed by atoms with Gasteiger partial charge in [0.15, 0.2) is 0 Å². The summed E-state index contributed by atoms with van der Waals surface area (Å²) in [6.07, 6.45) is 2.78. The van der Waals surface area contributed by atoms with Crippen molar-refractivity contribution in [3.8, 4) is 5.75 Å². The Morgan fingerprint density at radius 2 is 2.04 bits per heavy atom. The standard InChI is InChI=1S/C23H29N3O2/c1-15-7-9-18(21(11-15)28-6)22(27)25-24-14-17-8-10-20-19(12-17)16(2)13-23(3,4)26(20)5/h7-12,14,16H,13H2,1-6H3,(H,25,27)/b24-14-/t16-/m1/s1. The molecule has 1 aliphatic heterocycles. The molecular weight excluding hydrogens is 350 g/mol. The second-order valence-electron chi connectivity index (χ2n) is 8.20. The Hall–Kier alpha value is -2.82. The zero-order valence-corrected chi connectivity index (χ0v) is 17.5. The molecule has 0 fully saturated rings. The van der Waals surface area contributed by atoms with Crippen LogP contribution in [0, 0.1) is 6.92 Å². The molecule has 3 rings (SSSR count). The fraction of sp³-hybridized carbons (Fsp3) is 0.391. The van der Waals surface area contributed by atoms with Crippen LogP contribution in [0.25, 0.3) is 0 Å². The average molecular weight is 380 g/mol. The molecule has 2 aromatic rings. The van der Waals surface area contributed by atoms with E-state index in [2.05, 4.69) is 55.4 Å². The monoisotopic (exact) mass is 379 g/mol. The normalized spacial score (nSPS) is 18.1. The van der Waals surface area contributed by atoms with E-state index in [1.807, 2.05) is 25.1 Å². The number of hydrogen-bond acceptors (Lipinski definition) is 4. The number of nitrogens with zero attached hydrogens (tertiary/aromatic N) is 2. The minimum absolute atomic E-state index is 0.142. The van der Waals surface area contributed by atoms with Crippen molar-refractivity contribution in [1.82, 2.24) is 5.43 Å².